The van der Waals surface area contributed by atoms with E-state index in [1.165, 1.54) is 0 Å². The molecule has 0 aromatic rings. The second-order valence-electron chi connectivity index (χ2n) is 3.40. The standard InChI is InChI=1S/C10H22O2/c1-4-10(9(2)11)7-5-6-8-12-3/h9-11H,4-8H2,1-3H3. The lowest BCUT2D eigenvalue weighted by Crippen LogP contribution is -2.15. The van der Waals surface area contributed by atoms with Crippen molar-refractivity contribution >= 4 is 0 Å². The lowest BCUT2D eigenvalue weighted by molar-refractivity contribution is 0.112. The fourth-order valence-electron chi connectivity index (χ4n) is 1.44. The summed E-state index contributed by atoms with van der Waals surface area (Å²) in [6.07, 6.45) is 4.32. The van der Waals surface area contributed by atoms with Crippen LogP contribution in [0.2, 0.25) is 0 Å². The molecule has 2 heteroatoms. The molecule has 2 unspecified atom stereocenters. The Labute approximate surface area is 75.9 Å². The molecule has 0 rings (SSSR count). The van der Waals surface area contributed by atoms with Gasteiger partial charge in [0.15, 0.2) is 0 Å². The van der Waals surface area contributed by atoms with Gasteiger partial charge in [-0.2, -0.15) is 0 Å². The molecule has 74 valence electrons. The van der Waals surface area contributed by atoms with Crippen molar-refractivity contribution in [3.63, 3.8) is 0 Å². The van der Waals surface area contributed by atoms with Crippen LogP contribution in [0, 0.1) is 5.92 Å². The number of unbranched alkanes of at least 4 members (excludes halogenated alkanes) is 1. The summed E-state index contributed by atoms with van der Waals surface area (Å²) in [6, 6.07) is 0. The summed E-state index contributed by atoms with van der Waals surface area (Å²) in [7, 11) is 1.73. The van der Waals surface area contributed by atoms with Gasteiger partial charge in [-0.1, -0.05) is 19.8 Å². The maximum Gasteiger partial charge on any atom is 0.0540 e. The van der Waals surface area contributed by atoms with Gasteiger partial charge in [-0.05, 0) is 25.7 Å². The van der Waals surface area contributed by atoms with Gasteiger partial charge in [-0.3, -0.25) is 0 Å². The first-order chi connectivity index (χ1) is 5.72. The highest BCUT2D eigenvalue weighted by molar-refractivity contribution is 4.62. The number of rotatable bonds is 7. The van der Waals surface area contributed by atoms with Crippen LogP contribution in [0.25, 0.3) is 0 Å². The molecule has 0 aromatic heterocycles. The van der Waals surface area contributed by atoms with Crippen molar-refractivity contribution in [2.45, 2.75) is 45.6 Å². The summed E-state index contributed by atoms with van der Waals surface area (Å²) in [6.45, 7) is 4.86. The molecule has 1 N–H and O–H groups in total. The van der Waals surface area contributed by atoms with Gasteiger partial charge in [0.05, 0.1) is 6.10 Å². The summed E-state index contributed by atoms with van der Waals surface area (Å²) < 4.78 is 4.96. The second kappa shape index (κ2) is 7.56. The number of hydrogen-bond donors (Lipinski definition) is 1. The number of aliphatic hydroxyl groups is 1. The highest BCUT2D eigenvalue weighted by Gasteiger charge is 2.11. The van der Waals surface area contributed by atoms with Crippen LogP contribution in [0.4, 0.5) is 0 Å². The average molecular weight is 174 g/mol. The van der Waals surface area contributed by atoms with Crippen molar-refractivity contribution in [2.24, 2.45) is 5.92 Å². The van der Waals surface area contributed by atoms with Crippen LogP contribution in [0.1, 0.15) is 39.5 Å². The monoisotopic (exact) mass is 174 g/mol. The predicted octanol–water partition coefficient (Wildman–Crippen LogP) is 2.21. The summed E-state index contributed by atoms with van der Waals surface area (Å²) in [5, 5.41) is 9.34. The third kappa shape index (κ3) is 5.56. The number of aliphatic hydroxyl groups excluding tert-OH is 1. The molecule has 0 radical (unpaired) electrons. The fourth-order valence-corrected chi connectivity index (χ4v) is 1.44. The van der Waals surface area contributed by atoms with Gasteiger partial charge < -0.3 is 9.84 Å². The normalized spacial score (nSPS) is 16.0. The number of methoxy groups -OCH3 is 1. The minimum Gasteiger partial charge on any atom is -0.393 e. The Kier molecular flexibility index (Phi) is 7.51. The summed E-state index contributed by atoms with van der Waals surface area (Å²) in [4.78, 5) is 0. The molecule has 2 nitrogen and oxygen atoms in total. The Hall–Kier alpha value is -0.0800. The van der Waals surface area contributed by atoms with Crippen LogP contribution < -0.4 is 0 Å². The quantitative estimate of drug-likeness (QED) is 0.600. The molecule has 0 aromatic carbocycles. The summed E-state index contributed by atoms with van der Waals surface area (Å²) in [5.41, 5.74) is 0. The Bertz CT molecular complexity index is 91.8. The van der Waals surface area contributed by atoms with E-state index in [9.17, 15) is 5.11 Å². The molecule has 2 atom stereocenters. The van der Waals surface area contributed by atoms with Crippen LogP contribution in [0.5, 0.6) is 0 Å². The molecule has 0 saturated carbocycles. The molecule has 0 fully saturated rings. The minimum absolute atomic E-state index is 0.155. The molecule has 0 amide bonds. The van der Waals surface area contributed by atoms with E-state index in [2.05, 4.69) is 6.92 Å². The fraction of sp³-hybridized carbons (Fsp3) is 1.00. The zero-order valence-electron chi connectivity index (χ0n) is 8.55. The van der Waals surface area contributed by atoms with Crippen molar-refractivity contribution in [2.75, 3.05) is 13.7 Å². The van der Waals surface area contributed by atoms with E-state index in [4.69, 9.17) is 4.74 Å². The van der Waals surface area contributed by atoms with Gasteiger partial charge in [-0.15, -0.1) is 0 Å². The average Bonchev–Trinajstić information content (AvgIpc) is 2.04. The van der Waals surface area contributed by atoms with Gasteiger partial charge in [0.2, 0.25) is 0 Å². The Morgan fingerprint density at radius 3 is 2.42 bits per heavy atom. The second-order valence-corrected chi connectivity index (χ2v) is 3.40. The lowest BCUT2D eigenvalue weighted by Gasteiger charge is -2.17. The van der Waals surface area contributed by atoms with Crippen molar-refractivity contribution in [1.29, 1.82) is 0 Å². The Morgan fingerprint density at radius 2 is 2.00 bits per heavy atom. The molecule has 0 bridgehead atoms. The zero-order chi connectivity index (χ0) is 9.40. The first kappa shape index (κ1) is 11.9. The van der Waals surface area contributed by atoms with Gasteiger partial charge in [0.1, 0.15) is 0 Å². The van der Waals surface area contributed by atoms with Gasteiger partial charge >= 0.3 is 0 Å². The number of ether oxygens (including phenoxy) is 1. The summed E-state index contributed by atoms with van der Waals surface area (Å²) in [5.74, 6) is 0.474. The van der Waals surface area contributed by atoms with Crippen molar-refractivity contribution < 1.29 is 9.84 Å². The predicted molar refractivity (Wildman–Crippen MR) is 51.2 cm³/mol. The molecule has 12 heavy (non-hydrogen) atoms. The first-order valence-corrected chi connectivity index (χ1v) is 4.89. The van der Waals surface area contributed by atoms with Crippen LogP contribution in [0.3, 0.4) is 0 Å². The zero-order valence-corrected chi connectivity index (χ0v) is 8.55. The molecule has 0 heterocycles. The molecule has 0 spiro atoms. The van der Waals surface area contributed by atoms with Crippen LogP contribution in [-0.4, -0.2) is 24.9 Å². The van der Waals surface area contributed by atoms with Gasteiger partial charge in [-0.25, -0.2) is 0 Å². The third-order valence-corrected chi connectivity index (χ3v) is 2.38. The highest BCUT2D eigenvalue weighted by Crippen LogP contribution is 2.16. The van der Waals surface area contributed by atoms with E-state index in [0.717, 1.165) is 32.3 Å². The minimum atomic E-state index is -0.155. The van der Waals surface area contributed by atoms with E-state index >= 15 is 0 Å². The SMILES string of the molecule is CCC(CCCCOC)C(C)O. The smallest absolute Gasteiger partial charge is 0.0540 e. The van der Waals surface area contributed by atoms with Crippen molar-refractivity contribution in [3.05, 3.63) is 0 Å². The third-order valence-electron chi connectivity index (χ3n) is 2.38. The Morgan fingerprint density at radius 1 is 1.33 bits per heavy atom. The largest absolute Gasteiger partial charge is 0.393 e. The van der Waals surface area contributed by atoms with Crippen molar-refractivity contribution in [3.8, 4) is 0 Å². The molecule has 0 aliphatic rings. The van der Waals surface area contributed by atoms with Crippen LogP contribution in [0.15, 0.2) is 0 Å². The van der Waals surface area contributed by atoms with Crippen molar-refractivity contribution in [1.82, 2.24) is 0 Å². The first-order valence-electron chi connectivity index (χ1n) is 4.89. The molecule has 0 saturated heterocycles. The highest BCUT2D eigenvalue weighted by atomic mass is 16.5. The van der Waals surface area contributed by atoms with Gasteiger partial charge in [0, 0.05) is 13.7 Å². The van der Waals surface area contributed by atoms with E-state index < -0.39 is 0 Å². The van der Waals surface area contributed by atoms with E-state index in [1.54, 1.807) is 7.11 Å². The van der Waals surface area contributed by atoms with Crippen LogP contribution in [-0.2, 0) is 4.74 Å². The van der Waals surface area contributed by atoms with E-state index in [0.29, 0.717) is 5.92 Å². The van der Waals surface area contributed by atoms with Gasteiger partial charge in [0.25, 0.3) is 0 Å². The topological polar surface area (TPSA) is 29.5 Å². The Balaban J connectivity index is 3.32. The number of hydrogen-bond acceptors (Lipinski definition) is 2. The molecule has 0 aliphatic carbocycles. The van der Waals surface area contributed by atoms with Crippen LogP contribution >= 0.6 is 0 Å². The molecular weight excluding hydrogens is 152 g/mol. The molecular formula is C10H22O2. The maximum absolute atomic E-state index is 9.34. The maximum atomic E-state index is 9.34. The molecule has 0 aliphatic heterocycles. The summed E-state index contributed by atoms with van der Waals surface area (Å²) >= 11 is 0. The lowest BCUT2D eigenvalue weighted by atomic mass is 9.94. The van der Waals surface area contributed by atoms with E-state index in [1.807, 2.05) is 6.92 Å². The van der Waals surface area contributed by atoms with E-state index in [-0.39, 0.29) is 6.10 Å².